The maximum absolute atomic E-state index is 12.4. The fraction of sp³-hybridized carbons (Fsp3) is 0.350. The van der Waals surface area contributed by atoms with E-state index in [2.05, 4.69) is 25.5 Å². The second kappa shape index (κ2) is 9.57. The van der Waals surface area contributed by atoms with Crippen molar-refractivity contribution in [3.8, 4) is 5.75 Å². The number of hydrogen-bond donors (Lipinski definition) is 2. The van der Waals surface area contributed by atoms with E-state index in [-0.39, 0.29) is 0 Å². The monoisotopic (exact) mass is 473 g/mol. The Bertz CT molecular complexity index is 1340. The highest BCUT2D eigenvalue weighted by molar-refractivity contribution is 8.00. The Labute approximate surface area is 191 Å². The summed E-state index contributed by atoms with van der Waals surface area (Å²) >= 11 is 2.90. The molecule has 0 spiro atoms. The van der Waals surface area contributed by atoms with Crippen LogP contribution in [0.15, 0.2) is 38.2 Å². The van der Waals surface area contributed by atoms with Crippen molar-refractivity contribution in [2.45, 2.75) is 36.4 Å². The second-order valence-corrected chi connectivity index (χ2v) is 9.24. The van der Waals surface area contributed by atoms with Gasteiger partial charge >= 0.3 is 5.69 Å². The number of ether oxygens (including phenoxy) is 1. The Kier molecular flexibility index (Phi) is 6.61. The summed E-state index contributed by atoms with van der Waals surface area (Å²) < 4.78 is 9.21. The van der Waals surface area contributed by atoms with Gasteiger partial charge in [0.2, 0.25) is 5.13 Å². The summed E-state index contributed by atoms with van der Waals surface area (Å²) in [7, 11) is 3.41. The predicted octanol–water partition coefficient (Wildman–Crippen LogP) is 3.12. The van der Waals surface area contributed by atoms with Crippen molar-refractivity contribution in [3.63, 3.8) is 0 Å². The number of imidazole rings is 1. The maximum Gasteiger partial charge on any atom is 0.330 e. The number of nitrogens with zero attached hydrogens (tertiary/aromatic N) is 5. The van der Waals surface area contributed by atoms with Crippen LogP contribution in [0, 0.1) is 0 Å². The normalized spacial score (nSPS) is 11.2. The average molecular weight is 474 g/mol. The summed E-state index contributed by atoms with van der Waals surface area (Å²) in [4.78, 5) is 31.7. The number of anilines is 2. The molecule has 168 valence electrons. The van der Waals surface area contributed by atoms with Crippen LogP contribution < -0.4 is 21.3 Å². The summed E-state index contributed by atoms with van der Waals surface area (Å²) in [5.74, 6) is 1.96. The molecular weight excluding hydrogens is 450 g/mol. The molecule has 4 aromatic rings. The summed E-state index contributed by atoms with van der Waals surface area (Å²) in [5.41, 5.74) is 0.857. The molecule has 32 heavy (non-hydrogen) atoms. The molecular formula is C20H23N7O3S2. The number of rotatable bonds is 9. The molecule has 0 saturated carbocycles. The van der Waals surface area contributed by atoms with Crippen molar-refractivity contribution in [1.82, 2.24) is 29.3 Å². The molecule has 0 saturated heterocycles. The Balaban J connectivity index is 1.51. The smallest absolute Gasteiger partial charge is 0.330 e. The zero-order valence-electron chi connectivity index (χ0n) is 17.9. The van der Waals surface area contributed by atoms with E-state index in [1.54, 1.807) is 18.7 Å². The fourth-order valence-electron chi connectivity index (χ4n) is 3.19. The van der Waals surface area contributed by atoms with Crippen LogP contribution in [-0.2, 0) is 19.3 Å². The number of thioether (sulfide) groups is 1. The summed E-state index contributed by atoms with van der Waals surface area (Å²) in [6, 6.07) is 7.54. The lowest BCUT2D eigenvalue weighted by Gasteiger charge is -2.04. The molecule has 1 aromatic carbocycles. The number of aryl methyl sites for hydroxylation is 2. The van der Waals surface area contributed by atoms with Crippen molar-refractivity contribution < 1.29 is 4.74 Å². The maximum atomic E-state index is 12.4. The van der Waals surface area contributed by atoms with Crippen LogP contribution in [0.4, 0.5) is 10.8 Å². The van der Waals surface area contributed by atoms with Gasteiger partial charge in [-0.1, -0.05) is 36.4 Å². The quantitative estimate of drug-likeness (QED) is 0.356. The van der Waals surface area contributed by atoms with Gasteiger partial charge < -0.3 is 14.6 Å². The number of fused-ring (bicyclic) bond motifs is 1. The lowest BCUT2D eigenvalue weighted by atomic mass is 10.3. The SMILES string of the molecule is CCCCn1c(=O)[nH]c(=O)c2c1nc(CSc1nnc(Nc3ccc(OC)cc3)s1)n2C. The third-order valence-electron chi connectivity index (χ3n) is 4.91. The first-order chi connectivity index (χ1) is 15.5. The Morgan fingerprint density at radius 2 is 2.00 bits per heavy atom. The van der Waals surface area contributed by atoms with Crippen molar-refractivity contribution in [1.29, 1.82) is 0 Å². The van der Waals surface area contributed by atoms with E-state index in [1.165, 1.54) is 27.7 Å². The highest BCUT2D eigenvalue weighted by Gasteiger charge is 2.17. The van der Waals surface area contributed by atoms with Crippen LogP contribution in [0.25, 0.3) is 11.2 Å². The van der Waals surface area contributed by atoms with E-state index in [9.17, 15) is 9.59 Å². The Morgan fingerprint density at radius 3 is 2.72 bits per heavy atom. The van der Waals surface area contributed by atoms with Gasteiger partial charge in [-0.2, -0.15) is 0 Å². The lowest BCUT2D eigenvalue weighted by molar-refractivity contribution is 0.415. The standard InChI is InChI=1S/C20H23N7O3S2/c1-4-5-10-27-16-15(17(28)23-19(27)29)26(2)14(22-16)11-31-20-25-24-18(32-20)21-12-6-8-13(30-3)9-7-12/h6-9H,4-5,10-11H2,1-3H3,(H,21,24)(H,23,28,29). The van der Waals surface area contributed by atoms with E-state index >= 15 is 0 Å². The van der Waals surface area contributed by atoms with Crippen LogP contribution in [0.5, 0.6) is 5.75 Å². The first kappa shape index (κ1) is 22.1. The molecule has 0 bridgehead atoms. The van der Waals surface area contributed by atoms with Crippen molar-refractivity contribution in [2.24, 2.45) is 7.05 Å². The molecule has 12 heteroatoms. The van der Waals surface area contributed by atoms with Crippen molar-refractivity contribution in [2.75, 3.05) is 12.4 Å². The number of hydrogen-bond acceptors (Lipinski definition) is 9. The number of benzene rings is 1. The molecule has 3 heterocycles. The molecule has 0 amide bonds. The van der Waals surface area contributed by atoms with Gasteiger partial charge in [0.05, 0.1) is 12.9 Å². The minimum absolute atomic E-state index is 0.399. The molecule has 10 nitrogen and oxygen atoms in total. The van der Waals surface area contributed by atoms with Crippen molar-refractivity contribution >= 4 is 45.1 Å². The number of aromatic amines is 1. The molecule has 0 radical (unpaired) electrons. The molecule has 2 N–H and O–H groups in total. The molecule has 3 aromatic heterocycles. The molecule has 0 atom stereocenters. The van der Waals surface area contributed by atoms with E-state index in [1.807, 2.05) is 31.2 Å². The van der Waals surface area contributed by atoms with Gasteiger partial charge in [0.1, 0.15) is 11.6 Å². The van der Waals surface area contributed by atoms with Gasteiger partial charge in [-0.05, 0) is 30.7 Å². The summed E-state index contributed by atoms with van der Waals surface area (Å²) in [6.07, 6.45) is 1.77. The van der Waals surface area contributed by atoms with Gasteiger partial charge in [0.25, 0.3) is 5.56 Å². The fourth-order valence-corrected chi connectivity index (χ4v) is 4.94. The van der Waals surface area contributed by atoms with Gasteiger partial charge in [0.15, 0.2) is 15.5 Å². The zero-order valence-corrected chi connectivity index (χ0v) is 19.5. The molecule has 0 aliphatic heterocycles. The first-order valence-corrected chi connectivity index (χ1v) is 11.9. The van der Waals surface area contributed by atoms with E-state index in [0.717, 1.165) is 28.6 Å². The van der Waals surface area contributed by atoms with Gasteiger partial charge in [-0.25, -0.2) is 9.78 Å². The molecule has 0 aliphatic rings. The van der Waals surface area contributed by atoms with Crippen LogP contribution >= 0.6 is 23.1 Å². The first-order valence-electron chi connectivity index (χ1n) is 10.1. The minimum atomic E-state index is -0.425. The topological polar surface area (TPSA) is 120 Å². The summed E-state index contributed by atoms with van der Waals surface area (Å²) in [6.45, 7) is 2.57. The van der Waals surface area contributed by atoms with Crippen LogP contribution in [0.1, 0.15) is 25.6 Å². The van der Waals surface area contributed by atoms with E-state index in [4.69, 9.17) is 4.74 Å². The van der Waals surface area contributed by atoms with Gasteiger partial charge in [-0.15, -0.1) is 10.2 Å². The largest absolute Gasteiger partial charge is 0.497 e. The molecule has 0 unspecified atom stereocenters. The summed E-state index contributed by atoms with van der Waals surface area (Å²) in [5, 5.41) is 12.3. The van der Waals surface area contributed by atoms with E-state index < -0.39 is 11.2 Å². The Morgan fingerprint density at radius 1 is 1.22 bits per heavy atom. The predicted molar refractivity (Wildman–Crippen MR) is 126 cm³/mol. The molecule has 0 fully saturated rings. The average Bonchev–Trinajstić information content (AvgIpc) is 3.37. The molecule has 4 rings (SSSR count). The number of methoxy groups -OCH3 is 1. The second-order valence-electron chi connectivity index (χ2n) is 7.04. The van der Waals surface area contributed by atoms with Crippen LogP contribution in [0.3, 0.4) is 0 Å². The number of H-pyrrole nitrogens is 1. The minimum Gasteiger partial charge on any atom is -0.497 e. The number of aromatic nitrogens is 6. The van der Waals surface area contributed by atoms with Crippen LogP contribution in [0.2, 0.25) is 0 Å². The van der Waals surface area contributed by atoms with Crippen molar-refractivity contribution in [3.05, 3.63) is 50.9 Å². The lowest BCUT2D eigenvalue weighted by Crippen LogP contribution is -2.31. The zero-order chi connectivity index (χ0) is 22.7. The number of nitrogens with one attached hydrogen (secondary N) is 2. The number of unbranched alkanes of at least 4 members (excludes halogenated alkanes) is 1. The third kappa shape index (κ3) is 4.55. The van der Waals surface area contributed by atoms with Crippen LogP contribution in [-0.4, -0.2) is 36.4 Å². The Hall–Kier alpha value is -3.12. The highest BCUT2D eigenvalue weighted by Crippen LogP contribution is 2.30. The molecule has 0 aliphatic carbocycles. The van der Waals surface area contributed by atoms with E-state index in [0.29, 0.717) is 34.4 Å². The highest BCUT2D eigenvalue weighted by atomic mass is 32.2. The van der Waals surface area contributed by atoms with Gasteiger partial charge in [0, 0.05) is 19.3 Å². The third-order valence-corrected chi connectivity index (χ3v) is 6.88. The van der Waals surface area contributed by atoms with Gasteiger partial charge in [-0.3, -0.25) is 14.3 Å².